The summed E-state index contributed by atoms with van der Waals surface area (Å²) in [7, 11) is -2.77. The van der Waals surface area contributed by atoms with Crippen molar-refractivity contribution in [3.05, 3.63) is 34.9 Å². The van der Waals surface area contributed by atoms with Gasteiger partial charge in [-0.15, -0.1) is 0 Å². The standard InChI is InChI=1S/C15H23NO2S/c1-11-4-5-14(10-12(11)2)13(3)16-15-6-8-19(17,18)9-7-15/h4-5,10,13,15-16H,6-9H2,1-3H3. The van der Waals surface area contributed by atoms with E-state index in [1.807, 2.05) is 0 Å². The third-order valence-corrected chi connectivity index (χ3v) is 5.79. The molecule has 2 rings (SSSR count). The van der Waals surface area contributed by atoms with E-state index in [0.717, 1.165) is 12.8 Å². The van der Waals surface area contributed by atoms with Crippen molar-refractivity contribution in [2.24, 2.45) is 0 Å². The highest BCUT2D eigenvalue weighted by atomic mass is 32.2. The summed E-state index contributed by atoms with van der Waals surface area (Å²) in [5.41, 5.74) is 3.88. The minimum absolute atomic E-state index is 0.269. The summed E-state index contributed by atoms with van der Waals surface area (Å²) in [6.07, 6.45) is 1.47. The molecule has 3 nitrogen and oxygen atoms in total. The van der Waals surface area contributed by atoms with Crippen molar-refractivity contribution in [3.8, 4) is 0 Å². The van der Waals surface area contributed by atoms with Gasteiger partial charge in [0.15, 0.2) is 0 Å². The van der Waals surface area contributed by atoms with E-state index in [9.17, 15) is 8.42 Å². The van der Waals surface area contributed by atoms with Crippen molar-refractivity contribution < 1.29 is 8.42 Å². The van der Waals surface area contributed by atoms with Gasteiger partial charge in [0, 0.05) is 12.1 Å². The third kappa shape index (κ3) is 3.80. The number of hydrogen-bond donors (Lipinski definition) is 1. The number of rotatable bonds is 3. The minimum Gasteiger partial charge on any atom is -0.307 e. The van der Waals surface area contributed by atoms with E-state index in [2.05, 4.69) is 44.3 Å². The van der Waals surface area contributed by atoms with Gasteiger partial charge in [0.25, 0.3) is 0 Å². The Morgan fingerprint density at radius 3 is 2.37 bits per heavy atom. The number of aryl methyl sites for hydroxylation is 2. The molecule has 1 fully saturated rings. The zero-order valence-electron chi connectivity index (χ0n) is 11.9. The predicted molar refractivity (Wildman–Crippen MR) is 79.1 cm³/mol. The fourth-order valence-electron chi connectivity index (χ4n) is 2.54. The van der Waals surface area contributed by atoms with E-state index in [1.165, 1.54) is 16.7 Å². The van der Waals surface area contributed by atoms with Crippen LogP contribution in [0.3, 0.4) is 0 Å². The Morgan fingerprint density at radius 1 is 1.16 bits per heavy atom. The largest absolute Gasteiger partial charge is 0.307 e. The van der Waals surface area contributed by atoms with Gasteiger partial charge in [-0.3, -0.25) is 0 Å². The summed E-state index contributed by atoms with van der Waals surface area (Å²) in [6.45, 7) is 6.38. The number of nitrogens with one attached hydrogen (secondary N) is 1. The van der Waals surface area contributed by atoms with E-state index in [1.54, 1.807) is 0 Å². The van der Waals surface area contributed by atoms with E-state index in [-0.39, 0.29) is 6.04 Å². The lowest BCUT2D eigenvalue weighted by Gasteiger charge is -2.27. The lowest BCUT2D eigenvalue weighted by molar-refractivity contribution is 0.420. The van der Waals surface area contributed by atoms with Gasteiger partial charge in [-0.1, -0.05) is 18.2 Å². The molecule has 0 radical (unpaired) electrons. The van der Waals surface area contributed by atoms with Crippen LogP contribution in [0.5, 0.6) is 0 Å². The average molecular weight is 281 g/mol. The van der Waals surface area contributed by atoms with Crippen LogP contribution < -0.4 is 5.32 Å². The number of hydrogen-bond acceptors (Lipinski definition) is 3. The van der Waals surface area contributed by atoms with Crippen LogP contribution in [-0.4, -0.2) is 26.0 Å². The molecule has 0 saturated carbocycles. The molecule has 1 saturated heterocycles. The molecular formula is C15H23NO2S. The summed E-state index contributed by atoms with van der Waals surface area (Å²) in [6, 6.07) is 7.10. The molecule has 106 valence electrons. The molecule has 4 heteroatoms. The van der Waals surface area contributed by atoms with Crippen LogP contribution in [0.2, 0.25) is 0 Å². The molecule has 0 aromatic heterocycles. The van der Waals surface area contributed by atoms with Crippen LogP contribution in [0.4, 0.5) is 0 Å². The van der Waals surface area contributed by atoms with Crippen molar-refractivity contribution in [2.45, 2.75) is 45.7 Å². The second-order valence-corrected chi connectivity index (χ2v) is 7.96. The maximum atomic E-state index is 11.4. The molecule has 1 heterocycles. The van der Waals surface area contributed by atoms with Crippen LogP contribution in [0.25, 0.3) is 0 Å². The summed E-state index contributed by atoms with van der Waals surface area (Å²) >= 11 is 0. The molecule has 1 aromatic carbocycles. The van der Waals surface area contributed by atoms with E-state index >= 15 is 0 Å². The summed E-state index contributed by atoms with van der Waals surface area (Å²) in [5.74, 6) is 0.647. The van der Waals surface area contributed by atoms with E-state index < -0.39 is 9.84 Å². The number of benzene rings is 1. The average Bonchev–Trinajstić information content (AvgIpc) is 2.35. The normalized spacial score (nSPS) is 21.2. The molecule has 1 aromatic rings. The van der Waals surface area contributed by atoms with Gasteiger partial charge in [0.05, 0.1) is 11.5 Å². The first-order valence-corrected chi connectivity index (χ1v) is 8.73. The highest BCUT2D eigenvalue weighted by Crippen LogP contribution is 2.20. The first kappa shape index (κ1) is 14.5. The quantitative estimate of drug-likeness (QED) is 0.926. The predicted octanol–water partition coefficient (Wildman–Crippen LogP) is 2.53. The molecule has 1 N–H and O–H groups in total. The topological polar surface area (TPSA) is 46.2 Å². The van der Waals surface area contributed by atoms with Crippen molar-refractivity contribution in [1.29, 1.82) is 0 Å². The zero-order valence-corrected chi connectivity index (χ0v) is 12.8. The first-order chi connectivity index (χ1) is 8.87. The molecule has 0 spiro atoms. The van der Waals surface area contributed by atoms with E-state index in [4.69, 9.17) is 0 Å². The molecule has 1 aliphatic heterocycles. The fraction of sp³-hybridized carbons (Fsp3) is 0.600. The highest BCUT2D eigenvalue weighted by Gasteiger charge is 2.24. The van der Waals surface area contributed by atoms with Crippen LogP contribution in [0, 0.1) is 13.8 Å². The van der Waals surface area contributed by atoms with Gasteiger partial charge in [0.2, 0.25) is 0 Å². The van der Waals surface area contributed by atoms with Gasteiger partial charge in [0.1, 0.15) is 9.84 Å². The minimum atomic E-state index is -2.77. The monoisotopic (exact) mass is 281 g/mol. The molecular weight excluding hydrogens is 258 g/mol. The van der Waals surface area contributed by atoms with Crippen LogP contribution in [0.1, 0.15) is 42.5 Å². The van der Waals surface area contributed by atoms with Crippen molar-refractivity contribution in [3.63, 3.8) is 0 Å². The van der Waals surface area contributed by atoms with Crippen molar-refractivity contribution in [1.82, 2.24) is 5.32 Å². The SMILES string of the molecule is Cc1ccc(C(C)NC2CCS(=O)(=O)CC2)cc1C. The van der Waals surface area contributed by atoms with Crippen LogP contribution >= 0.6 is 0 Å². The molecule has 0 aliphatic carbocycles. The second kappa shape index (κ2) is 5.63. The lowest BCUT2D eigenvalue weighted by atomic mass is 10.0. The van der Waals surface area contributed by atoms with Gasteiger partial charge < -0.3 is 5.32 Å². The van der Waals surface area contributed by atoms with E-state index in [0.29, 0.717) is 17.5 Å². The Kier molecular flexibility index (Phi) is 4.31. The molecule has 0 bridgehead atoms. The molecule has 1 unspecified atom stereocenters. The molecule has 0 amide bonds. The van der Waals surface area contributed by atoms with Crippen molar-refractivity contribution >= 4 is 9.84 Å². The lowest BCUT2D eigenvalue weighted by Crippen LogP contribution is -2.38. The van der Waals surface area contributed by atoms with Crippen LogP contribution in [-0.2, 0) is 9.84 Å². The molecule has 1 atom stereocenters. The first-order valence-electron chi connectivity index (χ1n) is 6.91. The third-order valence-electron chi connectivity index (χ3n) is 4.07. The summed E-state index contributed by atoms with van der Waals surface area (Å²) < 4.78 is 22.8. The Labute approximate surface area is 116 Å². The van der Waals surface area contributed by atoms with Gasteiger partial charge in [-0.05, 0) is 50.3 Å². The molecule has 1 aliphatic rings. The Hall–Kier alpha value is -0.870. The number of sulfone groups is 1. The van der Waals surface area contributed by atoms with Gasteiger partial charge in [-0.2, -0.15) is 0 Å². The maximum absolute atomic E-state index is 11.4. The summed E-state index contributed by atoms with van der Waals surface area (Å²) in [4.78, 5) is 0. The van der Waals surface area contributed by atoms with Gasteiger partial charge >= 0.3 is 0 Å². The Balaban J connectivity index is 1.97. The molecule has 19 heavy (non-hydrogen) atoms. The van der Waals surface area contributed by atoms with Crippen LogP contribution in [0.15, 0.2) is 18.2 Å². The Bertz CT molecular complexity index is 537. The summed E-state index contributed by atoms with van der Waals surface area (Å²) in [5, 5.41) is 3.56. The van der Waals surface area contributed by atoms with Gasteiger partial charge in [-0.25, -0.2) is 8.42 Å². The Morgan fingerprint density at radius 2 is 1.79 bits per heavy atom. The second-order valence-electron chi connectivity index (χ2n) is 5.66. The zero-order chi connectivity index (χ0) is 14.0. The fourth-order valence-corrected chi connectivity index (χ4v) is 4.03. The highest BCUT2D eigenvalue weighted by molar-refractivity contribution is 7.91. The smallest absolute Gasteiger partial charge is 0.150 e. The van der Waals surface area contributed by atoms with Crippen molar-refractivity contribution in [2.75, 3.05) is 11.5 Å². The maximum Gasteiger partial charge on any atom is 0.150 e.